The number of nitrogens with zero attached hydrogens (tertiary/aromatic N) is 3. The molecule has 0 saturated carbocycles. The normalized spacial score (nSPS) is 13.4. The van der Waals surface area contributed by atoms with Crippen molar-refractivity contribution in [3.63, 3.8) is 0 Å². The second kappa shape index (κ2) is 34.3. The SMILES string of the molecule is CCCCCCCCCCCCCCOCC(C[N+](C)(CCCC[N+](C)(C)C)CCCC[N+](C)(C)C)OCCCCCCCCCCCCCC. The fraction of sp³-hybridized carbons (Fsp3) is 1.00. The van der Waals surface area contributed by atoms with Crippen molar-refractivity contribution in [1.82, 2.24) is 0 Å². The molecule has 0 amide bonds. The van der Waals surface area contributed by atoms with Gasteiger partial charge in [-0.3, -0.25) is 0 Å². The Labute approximate surface area is 323 Å². The Hall–Kier alpha value is -0.200. The molecule has 0 saturated heterocycles. The van der Waals surface area contributed by atoms with Crippen LogP contribution in [0.25, 0.3) is 0 Å². The monoisotopic (exact) mass is 727 g/mol. The van der Waals surface area contributed by atoms with Crippen LogP contribution in [0.4, 0.5) is 0 Å². The van der Waals surface area contributed by atoms with Crippen LogP contribution < -0.4 is 0 Å². The molecule has 0 aliphatic rings. The lowest BCUT2D eigenvalue weighted by Crippen LogP contribution is -2.52. The first-order valence-corrected chi connectivity index (χ1v) is 23.0. The molecule has 1 unspecified atom stereocenters. The summed E-state index contributed by atoms with van der Waals surface area (Å²) < 4.78 is 16.4. The van der Waals surface area contributed by atoms with Crippen molar-refractivity contribution in [3.8, 4) is 0 Å². The number of unbranched alkanes of at least 4 members (excludes halogenated alkanes) is 24. The maximum atomic E-state index is 6.72. The van der Waals surface area contributed by atoms with E-state index in [-0.39, 0.29) is 6.10 Å². The van der Waals surface area contributed by atoms with Gasteiger partial charge in [-0.1, -0.05) is 155 Å². The molecule has 51 heavy (non-hydrogen) atoms. The van der Waals surface area contributed by atoms with Gasteiger partial charge in [0.15, 0.2) is 0 Å². The van der Waals surface area contributed by atoms with Crippen molar-refractivity contribution in [2.45, 2.75) is 200 Å². The first-order chi connectivity index (χ1) is 24.4. The third-order valence-electron chi connectivity index (χ3n) is 11.0. The molecule has 0 spiro atoms. The zero-order valence-corrected chi connectivity index (χ0v) is 37.2. The Morgan fingerprint density at radius 3 is 1.02 bits per heavy atom. The lowest BCUT2D eigenvalue weighted by molar-refractivity contribution is -0.914. The van der Waals surface area contributed by atoms with E-state index in [1.165, 1.54) is 206 Å². The van der Waals surface area contributed by atoms with Crippen LogP contribution in [0, 0.1) is 0 Å². The number of rotatable bonds is 41. The molecule has 5 heteroatoms. The molecular weight excluding hydrogens is 627 g/mol. The minimum absolute atomic E-state index is 0.205. The quantitative estimate of drug-likeness (QED) is 0.0461. The smallest absolute Gasteiger partial charge is 0.130 e. The first-order valence-electron chi connectivity index (χ1n) is 23.0. The Morgan fingerprint density at radius 1 is 0.353 bits per heavy atom. The molecule has 0 aromatic rings. The predicted octanol–water partition coefficient (Wildman–Crippen LogP) is 12.2. The summed E-state index contributed by atoms with van der Waals surface area (Å²) in [5.74, 6) is 0. The Morgan fingerprint density at radius 2 is 0.667 bits per heavy atom. The van der Waals surface area contributed by atoms with Crippen molar-refractivity contribution in [3.05, 3.63) is 0 Å². The van der Waals surface area contributed by atoms with Gasteiger partial charge >= 0.3 is 0 Å². The largest absolute Gasteiger partial charge is 0.379 e. The standard InChI is InChI=1S/C46H100N3O2/c1-10-12-14-16-18-20-22-24-26-28-30-36-42-50-45-46(51-43-37-31-29-27-25-23-21-19-17-15-13-11-2)44-49(9,40-34-32-38-47(3,4)5)41-35-33-39-48(6,7)8/h46H,10-45H2,1-9H3/q+3. The summed E-state index contributed by atoms with van der Waals surface area (Å²) >= 11 is 0. The summed E-state index contributed by atoms with van der Waals surface area (Å²) in [5, 5.41) is 0. The van der Waals surface area contributed by atoms with E-state index < -0.39 is 0 Å². The summed E-state index contributed by atoms with van der Waals surface area (Å²) in [4.78, 5) is 0. The predicted molar refractivity (Wildman–Crippen MR) is 228 cm³/mol. The highest BCUT2D eigenvalue weighted by atomic mass is 16.5. The number of ether oxygens (including phenoxy) is 2. The molecule has 0 heterocycles. The van der Waals surface area contributed by atoms with Crippen LogP contribution >= 0.6 is 0 Å². The zero-order chi connectivity index (χ0) is 37.9. The van der Waals surface area contributed by atoms with Crippen LogP contribution in [0.2, 0.25) is 0 Å². The van der Waals surface area contributed by atoms with Gasteiger partial charge in [-0.05, 0) is 12.8 Å². The summed E-state index contributed by atoms with van der Waals surface area (Å²) in [6.07, 6.45) is 38.7. The molecule has 0 N–H and O–H groups in total. The molecular formula is C46H100N3O2+3. The van der Waals surface area contributed by atoms with Crippen molar-refractivity contribution >= 4 is 0 Å². The highest BCUT2D eigenvalue weighted by Gasteiger charge is 2.27. The van der Waals surface area contributed by atoms with Gasteiger partial charge in [0.25, 0.3) is 0 Å². The van der Waals surface area contributed by atoms with Crippen LogP contribution in [-0.4, -0.2) is 121 Å². The van der Waals surface area contributed by atoms with E-state index in [1.54, 1.807) is 0 Å². The molecule has 0 fully saturated rings. The molecule has 0 aliphatic heterocycles. The van der Waals surface area contributed by atoms with Crippen molar-refractivity contribution in [2.24, 2.45) is 0 Å². The van der Waals surface area contributed by atoms with Crippen LogP contribution in [-0.2, 0) is 9.47 Å². The van der Waals surface area contributed by atoms with E-state index in [0.29, 0.717) is 0 Å². The third kappa shape index (κ3) is 39.3. The summed E-state index contributed by atoms with van der Waals surface area (Å²) in [5.41, 5.74) is 0. The van der Waals surface area contributed by atoms with Gasteiger partial charge in [0.1, 0.15) is 12.6 Å². The molecule has 1 atom stereocenters. The van der Waals surface area contributed by atoms with Crippen LogP contribution in [0.3, 0.4) is 0 Å². The molecule has 0 aromatic heterocycles. The van der Waals surface area contributed by atoms with Crippen molar-refractivity contribution in [1.29, 1.82) is 0 Å². The Bertz CT molecular complexity index is 680. The minimum Gasteiger partial charge on any atom is -0.379 e. The van der Waals surface area contributed by atoms with Gasteiger partial charge in [-0.2, -0.15) is 0 Å². The van der Waals surface area contributed by atoms with E-state index in [9.17, 15) is 0 Å². The molecule has 0 radical (unpaired) electrons. The Kier molecular flexibility index (Phi) is 34.2. The topological polar surface area (TPSA) is 18.5 Å². The van der Waals surface area contributed by atoms with E-state index in [4.69, 9.17) is 9.47 Å². The lowest BCUT2D eigenvalue weighted by Gasteiger charge is -2.38. The van der Waals surface area contributed by atoms with E-state index >= 15 is 0 Å². The second-order valence-electron chi connectivity index (χ2n) is 19.0. The first kappa shape index (κ1) is 50.8. The van der Waals surface area contributed by atoms with Gasteiger partial charge in [-0.25, -0.2) is 0 Å². The van der Waals surface area contributed by atoms with E-state index in [0.717, 1.165) is 39.8 Å². The van der Waals surface area contributed by atoms with Gasteiger partial charge < -0.3 is 22.9 Å². The average Bonchev–Trinajstić information content (AvgIpc) is 3.06. The number of likely N-dealkylation sites (N-methyl/N-ethyl adjacent to an activating group) is 1. The molecule has 0 aromatic carbocycles. The van der Waals surface area contributed by atoms with Crippen molar-refractivity contribution in [2.75, 3.05) is 102 Å². The maximum Gasteiger partial charge on any atom is 0.130 e. The second-order valence-corrected chi connectivity index (χ2v) is 19.0. The number of hydrogen-bond donors (Lipinski definition) is 0. The Balaban J connectivity index is 4.77. The fourth-order valence-electron chi connectivity index (χ4n) is 7.55. The van der Waals surface area contributed by atoms with Crippen LogP contribution in [0.5, 0.6) is 0 Å². The van der Waals surface area contributed by atoms with Crippen LogP contribution in [0.15, 0.2) is 0 Å². The maximum absolute atomic E-state index is 6.72. The van der Waals surface area contributed by atoms with Crippen LogP contribution in [0.1, 0.15) is 194 Å². The summed E-state index contributed by atoms with van der Waals surface area (Å²) in [6.45, 7) is 13.3. The molecule has 0 rings (SSSR count). The fourth-order valence-corrected chi connectivity index (χ4v) is 7.55. The van der Waals surface area contributed by atoms with Gasteiger partial charge in [0.05, 0.1) is 82.1 Å². The number of quaternary nitrogens is 3. The van der Waals surface area contributed by atoms with E-state index in [1.807, 2.05) is 0 Å². The minimum atomic E-state index is 0.205. The molecule has 308 valence electrons. The van der Waals surface area contributed by atoms with Gasteiger partial charge in [0.2, 0.25) is 0 Å². The zero-order valence-electron chi connectivity index (χ0n) is 37.2. The molecule has 5 nitrogen and oxygen atoms in total. The lowest BCUT2D eigenvalue weighted by atomic mass is 10.1. The van der Waals surface area contributed by atoms with Gasteiger partial charge in [-0.15, -0.1) is 0 Å². The third-order valence-corrected chi connectivity index (χ3v) is 11.0. The summed E-state index contributed by atoms with van der Waals surface area (Å²) in [7, 11) is 16.5. The highest BCUT2D eigenvalue weighted by Crippen LogP contribution is 2.17. The van der Waals surface area contributed by atoms with Crippen molar-refractivity contribution < 1.29 is 22.9 Å². The van der Waals surface area contributed by atoms with Gasteiger partial charge in [0, 0.05) is 38.9 Å². The average molecular weight is 727 g/mol. The highest BCUT2D eigenvalue weighted by molar-refractivity contribution is 4.60. The number of hydrogen-bond acceptors (Lipinski definition) is 2. The molecule has 0 aliphatic carbocycles. The molecule has 0 bridgehead atoms. The van der Waals surface area contributed by atoms with E-state index in [2.05, 4.69) is 63.2 Å². The summed E-state index contributed by atoms with van der Waals surface area (Å²) in [6, 6.07) is 0.